The molecular formula is C19H32N4O5. The summed E-state index contributed by atoms with van der Waals surface area (Å²) < 4.78 is 0. The minimum Gasteiger partial charge on any atom is -0.395 e. The highest BCUT2D eigenvalue weighted by Gasteiger charge is 2.34. The van der Waals surface area contributed by atoms with Gasteiger partial charge in [-0.05, 0) is 25.7 Å². The summed E-state index contributed by atoms with van der Waals surface area (Å²) >= 11 is 0. The third kappa shape index (κ3) is 6.33. The van der Waals surface area contributed by atoms with Crippen LogP contribution < -0.4 is 10.6 Å². The normalized spacial score (nSPS) is 18.0. The second-order valence-electron chi connectivity index (χ2n) is 7.26. The van der Waals surface area contributed by atoms with Crippen molar-refractivity contribution in [2.75, 3.05) is 33.3 Å². The molecular weight excluding hydrogens is 364 g/mol. The van der Waals surface area contributed by atoms with Gasteiger partial charge in [0.1, 0.15) is 6.04 Å². The van der Waals surface area contributed by atoms with Crippen LogP contribution >= 0.6 is 0 Å². The molecule has 3 N–H and O–H groups in total. The second-order valence-corrected chi connectivity index (χ2v) is 7.26. The molecule has 1 heterocycles. The summed E-state index contributed by atoms with van der Waals surface area (Å²) in [6, 6.07) is -0.870. The van der Waals surface area contributed by atoms with E-state index >= 15 is 0 Å². The molecule has 1 unspecified atom stereocenters. The lowest BCUT2D eigenvalue weighted by molar-refractivity contribution is -0.135. The molecule has 1 rings (SSSR count). The Kier molecular flexibility index (Phi) is 9.64. The molecule has 2 atom stereocenters. The maximum absolute atomic E-state index is 12.9. The van der Waals surface area contributed by atoms with Gasteiger partial charge in [-0.2, -0.15) is 0 Å². The summed E-state index contributed by atoms with van der Waals surface area (Å²) in [5, 5.41) is 13.8. The monoisotopic (exact) mass is 396 g/mol. The fraction of sp³-hybridized carbons (Fsp3) is 0.684. The highest BCUT2D eigenvalue weighted by Crippen LogP contribution is 2.21. The lowest BCUT2D eigenvalue weighted by Gasteiger charge is -2.30. The van der Waals surface area contributed by atoms with E-state index in [0.717, 1.165) is 6.42 Å². The lowest BCUT2D eigenvalue weighted by Crippen LogP contribution is -2.47. The van der Waals surface area contributed by atoms with E-state index in [-0.39, 0.29) is 49.4 Å². The van der Waals surface area contributed by atoms with Gasteiger partial charge in [0, 0.05) is 25.7 Å². The van der Waals surface area contributed by atoms with Crippen molar-refractivity contribution in [3.05, 3.63) is 11.6 Å². The van der Waals surface area contributed by atoms with E-state index < -0.39 is 6.04 Å². The van der Waals surface area contributed by atoms with E-state index in [0.29, 0.717) is 24.9 Å². The minimum absolute atomic E-state index is 0.0511. The van der Waals surface area contributed by atoms with Gasteiger partial charge in [-0.25, -0.2) is 0 Å². The molecule has 0 radical (unpaired) electrons. The Bertz CT molecular complexity index is 605. The Morgan fingerprint density at radius 3 is 2.57 bits per heavy atom. The number of hydrogen-bond acceptors (Lipinski definition) is 5. The van der Waals surface area contributed by atoms with Crippen LogP contribution in [0.4, 0.5) is 0 Å². The van der Waals surface area contributed by atoms with Gasteiger partial charge in [-0.3, -0.25) is 19.2 Å². The fourth-order valence-corrected chi connectivity index (χ4v) is 3.30. The zero-order valence-electron chi connectivity index (χ0n) is 17.1. The van der Waals surface area contributed by atoms with Crippen molar-refractivity contribution >= 4 is 24.1 Å². The first-order valence-electron chi connectivity index (χ1n) is 9.55. The molecule has 1 saturated heterocycles. The van der Waals surface area contributed by atoms with Crippen LogP contribution in [0.3, 0.4) is 0 Å². The Morgan fingerprint density at radius 1 is 1.32 bits per heavy atom. The van der Waals surface area contributed by atoms with Crippen LogP contribution in [0.5, 0.6) is 0 Å². The first kappa shape index (κ1) is 23.6. The van der Waals surface area contributed by atoms with Crippen molar-refractivity contribution in [2.45, 2.75) is 45.7 Å². The standard InChI is InChI=1S/C19H32N4O5/c1-13(2)16(22(4)17(26)11-20-12-25)10-14(3)19(28)23-8-5-6-15(23)18(27)21-7-9-24/h10,12-13,15-16,24H,5-9,11H2,1-4H3,(H,20,25)(H,21,27)/b14-10+/t15?,16-/m1/s1. The van der Waals surface area contributed by atoms with Gasteiger partial charge >= 0.3 is 0 Å². The van der Waals surface area contributed by atoms with Gasteiger partial charge in [0.05, 0.1) is 19.2 Å². The minimum atomic E-state index is -0.545. The number of carbonyl (C=O) groups is 4. The van der Waals surface area contributed by atoms with E-state index in [9.17, 15) is 19.2 Å². The average Bonchev–Trinajstić information content (AvgIpc) is 3.16. The zero-order valence-corrected chi connectivity index (χ0v) is 17.1. The average molecular weight is 396 g/mol. The largest absolute Gasteiger partial charge is 0.395 e. The number of likely N-dealkylation sites (N-methyl/N-ethyl adjacent to an activating group) is 1. The number of hydrogen-bond donors (Lipinski definition) is 3. The van der Waals surface area contributed by atoms with Gasteiger partial charge in [-0.1, -0.05) is 19.9 Å². The Labute approximate surface area is 166 Å². The second kappa shape index (κ2) is 11.4. The molecule has 158 valence electrons. The molecule has 9 nitrogen and oxygen atoms in total. The maximum Gasteiger partial charge on any atom is 0.249 e. The SMILES string of the molecule is C/C(=C\[C@H](C(C)C)N(C)C(=O)CNC=O)C(=O)N1CCCC1C(=O)NCCO. The topological polar surface area (TPSA) is 119 Å². The number of aliphatic hydroxyl groups is 1. The van der Waals surface area contributed by atoms with Gasteiger partial charge in [0.2, 0.25) is 24.1 Å². The molecule has 0 aromatic carbocycles. The van der Waals surface area contributed by atoms with Crippen LogP contribution in [-0.4, -0.2) is 84.4 Å². The predicted octanol–water partition coefficient (Wildman–Crippen LogP) is -0.739. The van der Waals surface area contributed by atoms with Crippen LogP contribution in [0.2, 0.25) is 0 Å². The van der Waals surface area contributed by atoms with E-state index in [2.05, 4.69) is 10.6 Å². The number of likely N-dealkylation sites (tertiary alicyclic amines) is 1. The summed E-state index contributed by atoms with van der Waals surface area (Å²) in [5.74, 6) is -0.709. The molecule has 4 amide bonds. The molecule has 9 heteroatoms. The van der Waals surface area contributed by atoms with E-state index in [1.165, 1.54) is 4.90 Å². The van der Waals surface area contributed by atoms with Crippen LogP contribution in [0.15, 0.2) is 11.6 Å². The molecule has 0 aromatic rings. The van der Waals surface area contributed by atoms with Crippen LogP contribution in [0.1, 0.15) is 33.6 Å². The number of nitrogens with one attached hydrogen (secondary N) is 2. The molecule has 1 fully saturated rings. The van der Waals surface area contributed by atoms with Crippen LogP contribution in [0.25, 0.3) is 0 Å². The van der Waals surface area contributed by atoms with Crippen LogP contribution in [0, 0.1) is 5.92 Å². The van der Waals surface area contributed by atoms with Gasteiger partial charge in [0.25, 0.3) is 0 Å². The van der Waals surface area contributed by atoms with E-state index in [4.69, 9.17) is 5.11 Å². The van der Waals surface area contributed by atoms with Crippen molar-refractivity contribution in [3.8, 4) is 0 Å². The molecule has 1 aliphatic rings. The quantitative estimate of drug-likeness (QED) is 0.332. The summed E-state index contributed by atoms with van der Waals surface area (Å²) in [4.78, 5) is 50.8. The van der Waals surface area contributed by atoms with Crippen LogP contribution in [-0.2, 0) is 19.2 Å². The van der Waals surface area contributed by atoms with Crippen molar-refractivity contribution in [1.82, 2.24) is 20.4 Å². The zero-order chi connectivity index (χ0) is 21.3. The highest BCUT2D eigenvalue weighted by molar-refractivity contribution is 5.97. The summed E-state index contributed by atoms with van der Waals surface area (Å²) in [6.07, 6.45) is 3.53. The lowest BCUT2D eigenvalue weighted by atomic mass is 9.99. The van der Waals surface area contributed by atoms with Gasteiger partial charge < -0.3 is 25.5 Å². The Balaban J connectivity index is 2.92. The first-order valence-corrected chi connectivity index (χ1v) is 9.55. The van der Waals surface area contributed by atoms with E-state index in [1.807, 2.05) is 13.8 Å². The summed E-state index contributed by atoms with van der Waals surface area (Å²) in [5.41, 5.74) is 0.462. The van der Waals surface area contributed by atoms with Crippen molar-refractivity contribution in [2.24, 2.45) is 5.92 Å². The molecule has 1 aliphatic heterocycles. The number of rotatable bonds is 10. The molecule has 0 aliphatic carbocycles. The first-order chi connectivity index (χ1) is 13.2. The number of carbonyl (C=O) groups excluding carboxylic acids is 4. The summed E-state index contributed by atoms with van der Waals surface area (Å²) in [6.45, 7) is 5.95. The fourth-order valence-electron chi connectivity index (χ4n) is 3.30. The number of aliphatic hydroxyl groups excluding tert-OH is 1. The third-order valence-electron chi connectivity index (χ3n) is 4.85. The van der Waals surface area contributed by atoms with Crippen molar-refractivity contribution < 1.29 is 24.3 Å². The summed E-state index contributed by atoms with van der Waals surface area (Å²) in [7, 11) is 1.63. The van der Waals surface area contributed by atoms with Gasteiger partial charge in [-0.15, -0.1) is 0 Å². The molecule has 0 aromatic heterocycles. The van der Waals surface area contributed by atoms with Crippen molar-refractivity contribution in [3.63, 3.8) is 0 Å². The number of nitrogens with zero attached hydrogens (tertiary/aromatic N) is 2. The van der Waals surface area contributed by atoms with Crippen molar-refractivity contribution in [1.29, 1.82) is 0 Å². The molecule has 0 saturated carbocycles. The molecule has 0 spiro atoms. The predicted molar refractivity (Wildman–Crippen MR) is 104 cm³/mol. The maximum atomic E-state index is 12.9. The number of amides is 4. The third-order valence-corrected chi connectivity index (χ3v) is 4.85. The molecule has 0 bridgehead atoms. The highest BCUT2D eigenvalue weighted by atomic mass is 16.3. The smallest absolute Gasteiger partial charge is 0.249 e. The Morgan fingerprint density at radius 2 is 2.00 bits per heavy atom. The molecule has 28 heavy (non-hydrogen) atoms. The Hall–Kier alpha value is -2.42. The van der Waals surface area contributed by atoms with Gasteiger partial charge in [0.15, 0.2) is 0 Å². The van der Waals surface area contributed by atoms with E-state index in [1.54, 1.807) is 24.9 Å².